The van der Waals surface area contributed by atoms with Crippen molar-refractivity contribution in [3.8, 4) is 11.5 Å². The number of aromatic hydroxyl groups is 1. The molecule has 156 valence electrons. The van der Waals surface area contributed by atoms with Crippen LogP contribution >= 0.6 is 0 Å². The number of ether oxygens (including phenoxy) is 1. The summed E-state index contributed by atoms with van der Waals surface area (Å²) in [6.07, 6.45) is 0.870. The lowest BCUT2D eigenvalue weighted by atomic mass is 9.88. The van der Waals surface area contributed by atoms with Gasteiger partial charge in [-0.25, -0.2) is 0 Å². The second-order valence-electron chi connectivity index (χ2n) is 7.79. The number of benzene rings is 3. The zero-order chi connectivity index (χ0) is 21.6. The Balaban J connectivity index is 1.99. The summed E-state index contributed by atoms with van der Waals surface area (Å²) >= 11 is 0. The number of rotatable bonds is 8. The molecular formula is C26H29NO3. The van der Waals surface area contributed by atoms with Crippen LogP contribution in [0.15, 0.2) is 78.9 Å². The fraction of sp³-hybridized carbons (Fsp3) is 0.231. The highest BCUT2D eigenvalue weighted by Crippen LogP contribution is 2.35. The number of hydrogen-bond acceptors (Lipinski definition) is 3. The van der Waals surface area contributed by atoms with Gasteiger partial charge in [0, 0.05) is 0 Å². The van der Waals surface area contributed by atoms with Crippen LogP contribution in [-0.4, -0.2) is 37.0 Å². The Morgan fingerprint density at radius 2 is 1.40 bits per heavy atom. The molecule has 3 rings (SSSR count). The van der Waals surface area contributed by atoms with E-state index in [1.54, 1.807) is 26.2 Å². The van der Waals surface area contributed by atoms with Crippen molar-refractivity contribution in [2.75, 3.05) is 27.2 Å². The summed E-state index contributed by atoms with van der Waals surface area (Å²) < 4.78 is 5.37. The summed E-state index contributed by atoms with van der Waals surface area (Å²) in [7, 11) is 3.22. The Kier molecular flexibility index (Phi) is 6.93. The zero-order valence-electron chi connectivity index (χ0n) is 17.8. The average Bonchev–Trinajstić information content (AvgIpc) is 2.73. The van der Waals surface area contributed by atoms with E-state index in [1.165, 1.54) is 11.1 Å². The smallest absolute Gasteiger partial charge is 0.137 e. The summed E-state index contributed by atoms with van der Waals surface area (Å²) in [6.45, 7) is 2.93. The topological polar surface area (TPSA) is 52.5 Å². The third kappa shape index (κ3) is 5.72. The number of phenolic OH excluding ortho intramolecular Hbond substituents is 1. The molecule has 0 heterocycles. The first-order valence-corrected chi connectivity index (χ1v) is 10.2. The van der Waals surface area contributed by atoms with Gasteiger partial charge in [-0.15, -0.1) is 0 Å². The second-order valence-corrected chi connectivity index (χ2v) is 7.79. The first-order valence-electron chi connectivity index (χ1n) is 10.2. The van der Waals surface area contributed by atoms with E-state index in [4.69, 9.17) is 4.74 Å². The van der Waals surface area contributed by atoms with Crippen molar-refractivity contribution < 1.29 is 14.5 Å². The average molecular weight is 404 g/mol. The van der Waals surface area contributed by atoms with Crippen LogP contribution in [0.5, 0.6) is 11.5 Å². The van der Waals surface area contributed by atoms with Gasteiger partial charge in [-0.05, 0) is 58.5 Å². The van der Waals surface area contributed by atoms with E-state index in [-0.39, 0.29) is 10.4 Å². The van der Waals surface area contributed by atoms with E-state index in [2.05, 4.69) is 19.1 Å². The zero-order valence-corrected chi connectivity index (χ0v) is 17.8. The molecule has 1 N–H and O–H groups in total. The molecular weight excluding hydrogens is 374 g/mol. The molecule has 0 atom stereocenters. The van der Waals surface area contributed by atoms with Crippen LogP contribution in [0, 0.1) is 5.21 Å². The predicted octanol–water partition coefficient (Wildman–Crippen LogP) is 5.71. The van der Waals surface area contributed by atoms with Crippen molar-refractivity contribution in [3.63, 3.8) is 0 Å². The number of hydrogen-bond donors (Lipinski definition) is 1. The molecule has 0 fully saturated rings. The second kappa shape index (κ2) is 9.61. The standard InChI is InChI=1S/C26H29NO3/c1-4-25(20-8-6-5-7-9-20)26(21-10-14-23(28)15-11-21)22-12-16-24(17-13-22)30-19-18-27(2,3)29/h5-17,28H,4,18-19H2,1-3H3/b26-25-. The number of phenols is 1. The quantitative estimate of drug-likeness (QED) is 0.298. The Hall–Kier alpha value is -3.08. The van der Waals surface area contributed by atoms with E-state index in [0.29, 0.717) is 13.2 Å². The molecule has 0 aliphatic carbocycles. The van der Waals surface area contributed by atoms with Gasteiger partial charge in [0.25, 0.3) is 0 Å². The first-order chi connectivity index (χ1) is 14.4. The summed E-state index contributed by atoms with van der Waals surface area (Å²) in [5.74, 6) is 0.995. The fourth-order valence-corrected chi connectivity index (χ4v) is 3.41. The molecule has 0 aliphatic heterocycles. The molecule has 3 aromatic rings. The molecule has 0 radical (unpaired) electrons. The fourth-order valence-electron chi connectivity index (χ4n) is 3.41. The van der Waals surface area contributed by atoms with Gasteiger partial charge in [-0.3, -0.25) is 0 Å². The molecule has 0 bridgehead atoms. The molecule has 4 heteroatoms. The van der Waals surface area contributed by atoms with Crippen molar-refractivity contribution in [2.24, 2.45) is 0 Å². The van der Waals surface area contributed by atoms with E-state index in [1.807, 2.05) is 54.6 Å². The van der Waals surface area contributed by atoms with Crippen LogP contribution < -0.4 is 4.74 Å². The Morgan fingerprint density at radius 3 is 1.93 bits per heavy atom. The van der Waals surface area contributed by atoms with Crippen LogP contribution in [-0.2, 0) is 0 Å². The van der Waals surface area contributed by atoms with Crippen molar-refractivity contribution in [3.05, 3.63) is 101 Å². The van der Waals surface area contributed by atoms with Crippen molar-refractivity contribution in [1.82, 2.24) is 0 Å². The lowest BCUT2D eigenvalue weighted by molar-refractivity contribution is -0.840. The van der Waals surface area contributed by atoms with Crippen molar-refractivity contribution in [1.29, 1.82) is 0 Å². The van der Waals surface area contributed by atoms with Gasteiger partial charge >= 0.3 is 0 Å². The monoisotopic (exact) mass is 403 g/mol. The lowest BCUT2D eigenvalue weighted by Gasteiger charge is -2.33. The van der Waals surface area contributed by atoms with E-state index in [9.17, 15) is 10.3 Å². The van der Waals surface area contributed by atoms with Crippen LogP contribution in [0.2, 0.25) is 0 Å². The highest BCUT2D eigenvalue weighted by molar-refractivity contribution is 5.98. The van der Waals surface area contributed by atoms with E-state index < -0.39 is 0 Å². The molecule has 3 aromatic carbocycles. The minimum atomic E-state index is -0.372. The third-order valence-corrected chi connectivity index (χ3v) is 4.98. The molecule has 0 aromatic heterocycles. The maximum atomic E-state index is 11.7. The van der Waals surface area contributed by atoms with Gasteiger partial charge in [-0.1, -0.05) is 61.5 Å². The first kappa shape index (κ1) is 21.6. The number of likely N-dealkylation sites (N-methyl/N-ethyl adjacent to an activating group) is 1. The maximum absolute atomic E-state index is 11.7. The number of allylic oxidation sites excluding steroid dienone is 1. The molecule has 30 heavy (non-hydrogen) atoms. The van der Waals surface area contributed by atoms with Gasteiger partial charge < -0.3 is 19.7 Å². The molecule has 0 saturated carbocycles. The number of hydroxylamine groups is 3. The summed E-state index contributed by atoms with van der Waals surface area (Å²) in [6, 6.07) is 25.7. The Morgan fingerprint density at radius 1 is 0.833 bits per heavy atom. The summed E-state index contributed by atoms with van der Waals surface area (Å²) in [4.78, 5) is 0. The van der Waals surface area contributed by atoms with Gasteiger partial charge in [-0.2, -0.15) is 0 Å². The lowest BCUT2D eigenvalue weighted by Crippen LogP contribution is -2.36. The largest absolute Gasteiger partial charge is 0.633 e. The number of quaternary nitrogens is 1. The SMILES string of the molecule is CC/C(=C(\c1ccc(O)cc1)c1ccc(OCC[N+](C)(C)[O-])cc1)c1ccccc1. The number of nitrogens with zero attached hydrogens (tertiary/aromatic N) is 1. The van der Waals surface area contributed by atoms with E-state index >= 15 is 0 Å². The molecule has 0 amide bonds. The minimum absolute atomic E-state index is 0.249. The summed E-state index contributed by atoms with van der Waals surface area (Å²) in [5.41, 5.74) is 5.67. The van der Waals surface area contributed by atoms with Crippen LogP contribution in [0.4, 0.5) is 0 Å². The van der Waals surface area contributed by atoms with Gasteiger partial charge in [0.1, 0.15) is 24.7 Å². The summed E-state index contributed by atoms with van der Waals surface area (Å²) in [5, 5.41) is 21.4. The predicted molar refractivity (Wildman–Crippen MR) is 123 cm³/mol. The van der Waals surface area contributed by atoms with Gasteiger partial charge in [0.05, 0.1) is 14.1 Å². The van der Waals surface area contributed by atoms with Gasteiger partial charge in [0.15, 0.2) is 0 Å². The van der Waals surface area contributed by atoms with Crippen LogP contribution in [0.25, 0.3) is 11.1 Å². The molecule has 4 nitrogen and oxygen atoms in total. The molecule has 0 spiro atoms. The molecule has 0 unspecified atom stereocenters. The molecule has 0 saturated heterocycles. The van der Waals surface area contributed by atoms with E-state index in [0.717, 1.165) is 28.9 Å². The normalized spacial score (nSPS) is 12.4. The molecule has 0 aliphatic rings. The van der Waals surface area contributed by atoms with Crippen LogP contribution in [0.3, 0.4) is 0 Å². The Bertz CT molecular complexity index is 970. The maximum Gasteiger partial charge on any atom is 0.137 e. The van der Waals surface area contributed by atoms with Crippen molar-refractivity contribution in [2.45, 2.75) is 13.3 Å². The van der Waals surface area contributed by atoms with Crippen LogP contribution in [0.1, 0.15) is 30.0 Å². The third-order valence-electron chi connectivity index (χ3n) is 4.98. The van der Waals surface area contributed by atoms with Crippen molar-refractivity contribution >= 4 is 11.1 Å². The Labute approximate surface area is 178 Å². The highest BCUT2D eigenvalue weighted by atomic mass is 16.5. The minimum Gasteiger partial charge on any atom is -0.633 e. The van der Waals surface area contributed by atoms with Gasteiger partial charge in [0.2, 0.25) is 0 Å². The highest BCUT2D eigenvalue weighted by Gasteiger charge is 2.13.